The van der Waals surface area contributed by atoms with Crippen molar-refractivity contribution in [3.8, 4) is 0 Å². The Morgan fingerprint density at radius 3 is 2.90 bits per heavy atom. The minimum Gasteiger partial charge on any atom is -0.455 e. The molecule has 5 nitrogen and oxygen atoms in total. The zero-order valence-electron chi connectivity index (χ0n) is 12.7. The van der Waals surface area contributed by atoms with Crippen LogP contribution in [0.4, 0.5) is 0 Å². The maximum Gasteiger partial charge on any atom is 0.334 e. The van der Waals surface area contributed by atoms with Gasteiger partial charge in [-0.15, -0.1) is 0 Å². The first-order chi connectivity index (χ1) is 9.92. The predicted molar refractivity (Wildman–Crippen MR) is 77.6 cm³/mol. The number of hydrogen-bond donors (Lipinski definition) is 2. The van der Waals surface area contributed by atoms with Gasteiger partial charge in [0, 0.05) is 18.6 Å². The molecule has 4 atom stereocenters. The molecule has 2 rings (SSSR count). The van der Waals surface area contributed by atoms with Crippen molar-refractivity contribution in [1.29, 1.82) is 0 Å². The average Bonchev–Trinajstić information content (AvgIpc) is 2.76. The van der Waals surface area contributed by atoms with E-state index < -0.39 is 23.8 Å². The van der Waals surface area contributed by atoms with E-state index in [1.54, 1.807) is 7.11 Å². The molecule has 1 heterocycles. The second-order valence-corrected chi connectivity index (χ2v) is 6.06. The van der Waals surface area contributed by atoms with Gasteiger partial charge in [-0.2, -0.15) is 0 Å². The van der Waals surface area contributed by atoms with Crippen molar-refractivity contribution in [2.75, 3.05) is 13.7 Å². The number of carbonyl (C=O) groups is 1. The fraction of sp³-hybridized carbons (Fsp3) is 0.688. The van der Waals surface area contributed by atoms with Gasteiger partial charge in [0.1, 0.15) is 12.2 Å². The van der Waals surface area contributed by atoms with Gasteiger partial charge in [-0.05, 0) is 38.2 Å². The molecule has 5 heteroatoms. The molecule has 1 aliphatic carbocycles. The summed E-state index contributed by atoms with van der Waals surface area (Å²) in [5, 5.41) is 20.1. The highest BCUT2D eigenvalue weighted by molar-refractivity contribution is 5.90. The fourth-order valence-electron chi connectivity index (χ4n) is 3.12. The van der Waals surface area contributed by atoms with Gasteiger partial charge in [-0.1, -0.05) is 12.7 Å². The number of rotatable bonds is 2. The van der Waals surface area contributed by atoms with Gasteiger partial charge >= 0.3 is 5.97 Å². The molecule has 2 N–H and O–H groups in total. The number of carbonyl (C=O) groups excluding carboxylic acids is 1. The van der Waals surface area contributed by atoms with Gasteiger partial charge in [0.15, 0.2) is 0 Å². The Morgan fingerprint density at radius 1 is 1.57 bits per heavy atom. The topological polar surface area (TPSA) is 76.0 Å². The number of ether oxygens (including phenoxy) is 2. The van der Waals surface area contributed by atoms with Crippen molar-refractivity contribution < 1.29 is 24.5 Å². The Morgan fingerprint density at radius 2 is 2.29 bits per heavy atom. The molecule has 0 amide bonds. The molecule has 1 saturated heterocycles. The van der Waals surface area contributed by atoms with E-state index in [1.807, 2.05) is 13.0 Å². The summed E-state index contributed by atoms with van der Waals surface area (Å²) in [5.41, 5.74) is 0.536. The lowest BCUT2D eigenvalue weighted by atomic mass is 9.80. The van der Waals surface area contributed by atoms with Crippen LogP contribution in [-0.2, 0) is 14.3 Å². The van der Waals surface area contributed by atoms with Crippen LogP contribution < -0.4 is 0 Å². The Hall–Kier alpha value is -1.17. The van der Waals surface area contributed by atoms with Crippen molar-refractivity contribution in [3.05, 3.63) is 23.8 Å². The molecule has 0 aromatic carbocycles. The van der Waals surface area contributed by atoms with Gasteiger partial charge in [0.2, 0.25) is 0 Å². The van der Waals surface area contributed by atoms with Crippen molar-refractivity contribution >= 4 is 5.97 Å². The highest BCUT2D eigenvalue weighted by atomic mass is 16.6. The minimum absolute atomic E-state index is 0.00488. The maximum atomic E-state index is 11.8. The zero-order valence-corrected chi connectivity index (χ0v) is 12.7. The van der Waals surface area contributed by atoms with Crippen LogP contribution in [0.2, 0.25) is 0 Å². The van der Waals surface area contributed by atoms with E-state index in [2.05, 4.69) is 6.58 Å². The number of fused-ring (bicyclic) bond motifs is 1. The predicted octanol–water partition coefficient (Wildman–Crippen LogP) is 1.34. The van der Waals surface area contributed by atoms with Crippen molar-refractivity contribution in [1.82, 2.24) is 0 Å². The number of methoxy groups -OCH3 is 1. The first-order valence-corrected chi connectivity index (χ1v) is 7.34. The van der Waals surface area contributed by atoms with E-state index in [1.165, 1.54) is 0 Å². The van der Waals surface area contributed by atoms with Gasteiger partial charge in [-0.25, -0.2) is 4.79 Å². The van der Waals surface area contributed by atoms with Crippen molar-refractivity contribution in [2.24, 2.45) is 5.92 Å². The molecule has 0 bridgehead atoms. The third-order valence-corrected chi connectivity index (χ3v) is 4.81. The lowest BCUT2D eigenvalue weighted by molar-refractivity contribution is -0.165. The largest absolute Gasteiger partial charge is 0.455 e. The Balaban J connectivity index is 2.34. The molecule has 21 heavy (non-hydrogen) atoms. The third-order valence-electron chi connectivity index (χ3n) is 4.81. The second kappa shape index (κ2) is 6.30. The Bertz CT molecular complexity index is 456. The van der Waals surface area contributed by atoms with Crippen LogP contribution in [0, 0.1) is 5.92 Å². The average molecular weight is 296 g/mol. The standard InChI is InChI=1S/C16H24O5/c1-10-12-7-6-11(9-17)5-4-8-16(2,20-3)14(18)13(12)21-15(10)19/h5,12-14,17-18H,1,4,6-9H2,2-3H3/b11-5+/t12-,13-,14-,16+/m0/s1. The molecule has 0 aromatic rings. The minimum atomic E-state index is -0.903. The summed E-state index contributed by atoms with van der Waals surface area (Å²) in [5.74, 6) is -0.689. The molecular formula is C16H24O5. The molecule has 0 saturated carbocycles. The molecule has 118 valence electrons. The van der Waals surface area contributed by atoms with E-state index in [0.717, 1.165) is 5.57 Å². The molecule has 0 unspecified atom stereocenters. The normalized spacial score (nSPS) is 40.2. The van der Waals surface area contributed by atoms with Crippen LogP contribution in [-0.4, -0.2) is 47.7 Å². The maximum absolute atomic E-state index is 11.8. The summed E-state index contributed by atoms with van der Waals surface area (Å²) in [6.07, 6.45) is 3.03. The number of aliphatic hydroxyl groups excluding tert-OH is 2. The summed E-state index contributed by atoms with van der Waals surface area (Å²) >= 11 is 0. The highest BCUT2D eigenvalue weighted by Gasteiger charge is 2.49. The second-order valence-electron chi connectivity index (χ2n) is 6.06. The quantitative estimate of drug-likeness (QED) is 0.457. The van der Waals surface area contributed by atoms with Crippen LogP contribution in [0.15, 0.2) is 23.8 Å². The monoisotopic (exact) mass is 296 g/mol. The van der Waals surface area contributed by atoms with E-state index in [4.69, 9.17) is 9.47 Å². The van der Waals surface area contributed by atoms with Gasteiger partial charge in [0.25, 0.3) is 0 Å². The molecule has 1 aliphatic heterocycles. The highest BCUT2D eigenvalue weighted by Crippen LogP contribution is 2.39. The smallest absolute Gasteiger partial charge is 0.334 e. The first kappa shape index (κ1) is 16.2. The Kier molecular flexibility index (Phi) is 4.86. The van der Waals surface area contributed by atoms with E-state index in [-0.39, 0.29) is 12.5 Å². The van der Waals surface area contributed by atoms with Gasteiger partial charge < -0.3 is 19.7 Å². The van der Waals surface area contributed by atoms with Gasteiger partial charge in [0.05, 0.1) is 12.2 Å². The van der Waals surface area contributed by atoms with Crippen molar-refractivity contribution in [3.63, 3.8) is 0 Å². The van der Waals surface area contributed by atoms with Gasteiger partial charge in [-0.3, -0.25) is 0 Å². The zero-order chi connectivity index (χ0) is 15.6. The number of aliphatic hydroxyl groups is 2. The van der Waals surface area contributed by atoms with E-state index in [9.17, 15) is 15.0 Å². The SMILES string of the molecule is C=C1C(=O)O[C@H]2[C@H]1CC/C(CO)=C\CC[C@@](C)(OC)[C@H]2O. The number of esters is 1. The lowest BCUT2D eigenvalue weighted by Crippen LogP contribution is -2.50. The molecule has 1 fully saturated rings. The van der Waals surface area contributed by atoms with Crippen LogP contribution in [0.3, 0.4) is 0 Å². The van der Waals surface area contributed by atoms with Crippen LogP contribution in [0.5, 0.6) is 0 Å². The molecule has 0 radical (unpaired) electrons. The lowest BCUT2D eigenvalue weighted by Gasteiger charge is -2.37. The van der Waals surface area contributed by atoms with Crippen LogP contribution >= 0.6 is 0 Å². The summed E-state index contributed by atoms with van der Waals surface area (Å²) in [7, 11) is 1.55. The first-order valence-electron chi connectivity index (χ1n) is 7.34. The van der Waals surface area contributed by atoms with E-state index in [0.29, 0.717) is 31.3 Å². The van der Waals surface area contributed by atoms with E-state index >= 15 is 0 Å². The summed E-state index contributed by atoms with van der Waals surface area (Å²) in [6, 6.07) is 0. The summed E-state index contributed by atoms with van der Waals surface area (Å²) in [4.78, 5) is 11.8. The van der Waals surface area contributed by atoms with Crippen LogP contribution in [0.1, 0.15) is 32.6 Å². The molecule has 0 spiro atoms. The molecule has 0 aromatic heterocycles. The number of allylic oxidation sites excluding steroid dienone is 1. The summed E-state index contributed by atoms with van der Waals surface area (Å²) < 4.78 is 10.8. The molecule has 2 aliphatic rings. The van der Waals surface area contributed by atoms with Crippen molar-refractivity contribution in [2.45, 2.75) is 50.4 Å². The fourth-order valence-corrected chi connectivity index (χ4v) is 3.12. The summed E-state index contributed by atoms with van der Waals surface area (Å²) in [6.45, 7) is 5.62. The van der Waals surface area contributed by atoms with Crippen LogP contribution in [0.25, 0.3) is 0 Å². The number of hydrogen-bond acceptors (Lipinski definition) is 5. The third kappa shape index (κ3) is 3.05. The Labute approximate surface area is 125 Å². The molecular weight excluding hydrogens is 272 g/mol.